The molecule has 0 bridgehead atoms. The number of benzene rings is 9. The molecule has 1 aliphatic heterocycles. The van der Waals surface area contributed by atoms with E-state index >= 15 is 0 Å². The van der Waals surface area contributed by atoms with E-state index in [4.69, 9.17) is 4.99 Å². The van der Waals surface area contributed by atoms with E-state index in [-0.39, 0.29) is 29.3 Å². The van der Waals surface area contributed by atoms with Gasteiger partial charge in [-0.1, -0.05) is 217 Å². The van der Waals surface area contributed by atoms with Crippen LogP contribution in [0.4, 0.5) is 0 Å². The van der Waals surface area contributed by atoms with Crippen molar-refractivity contribution in [2.24, 2.45) is 16.8 Å². The van der Waals surface area contributed by atoms with Crippen molar-refractivity contribution in [1.82, 2.24) is 4.57 Å². The predicted molar refractivity (Wildman–Crippen MR) is 298 cm³/mol. The lowest BCUT2D eigenvalue weighted by Gasteiger charge is -2.28. The van der Waals surface area contributed by atoms with Crippen LogP contribution in [0, 0.1) is 18.8 Å². The highest BCUT2D eigenvalue weighted by Crippen LogP contribution is 2.53. The zero-order valence-corrected chi connectivity index (χ0v) is 41.8. The fourth-order valence-electron chi connectivity index (χ4n) is 12.7. The predicted octanol–water partition coefficient (Wildman–Crippen LogP) is 16.4. The third-order valence-electron chi connectivity index (χ3n) is 16.5. The number of aliphatic imine (C=N–C) groups is 1. The second-order valence-corrected chi connectivity index (χ2v) is 20.8. The van der Waals surface area contributed by atoms with E-state index in [1.807, 2.05) is 0 Å². The van der Waals surface area contributed by atoms with Crippen LogP contribution in [0.2, 0.25) is 0 Å². The van der Waals surface area contributed by atoms with E-state index in [0.717, 1.165) is 23.5 Å². The van der Waals surface area contributed by atoms with Crippen LogP contribution in [0.15, 0.2) is 217 Å². The molecule has 0 fully saturated rings. The summed E-state index contributed by atoms with van der Waals surface area (Å²) in [6.45, 7) is 14.2. The van der Waals surface area contributed by atoms with Gasteiger partial charge in [0.15, 0.2) is 0 Å². The van der Waals surface area contributed by atoms with Crippen molar-refractivity contribution in [3.63, 3.8) is 0 Å². The minimum absolute atomic E-state index is 0.0581. The van der Waals surface area contributed by atoms with Gasteiger partial charge in [-0.2, -0.15) is 0 Å². The Balaban J connectivity index is 0.991. The Bertz CT molecular complexity index is 3650. The van der Waals surface area contributed by atoms with E-state index in [1.165, 1.54) is 94.1 Å². The van der Waals surface area contributed by atoms with Crippen LogP contribution in [0.3, 0.4) is 0 Å². The van der Waals surface area contributed by atoms with Gasteiger partial charge in [0, 0.05) is 39.3 Å². The van der Waals surface area contributed by atoms with Crippen molar-refractivity contribution in [1.29, 1.82) is 0 Å². The highest BCUT2D eigenvalue weighted by atomic mass is 15.1. The van der Waals surface area contributed by atoms with Gasteiger partial charge in [-0.05, 0) is 116 Å². The van der Waals surface area contributed by atoms with Crippen molar-refractivity contribution in [2.45, 2.75) is 71.4 Å². The first-order valence-electron chi connectivity index (χ1n) is 25.8. The second-order valence-electron chi connectivity index (χ2n) is 20.8. The quantitative estimate of drug-likeness (QED) is 0.150. The third-order valence-corrected chi connectivity index (χ3v) is 16.5. The Morgan fingerprint density at radius 1 is 0.549 bits per heavy atom. The Kier molecular flexibility index (Phi) is 11.3. The Morgan fingerprint density at radius 2 is 1.23 bits per heavy atom. The lowest BCUT2D eigenvalue weighted by molar-refractivity contribution is -0.596. The maximum absolute atomic E-state index is 5.95. The number of quaternary nitrogens is 1. The van der Waals surface area contributed by atoms with Crippen LogP contribution in [-0.4, -0.2) is 10.4 Å². The summed E-state index contributed by atoms with van der Waals surface area (Å²) < 4.78 is 2.50. The summed E-state index contributed by atoms with van der Waals surface area (Å²) in [5, 5.41) is 5.13. The minimum atomic E-state index is -0.137. The molecule has 10 aromatic rings. The Labute approximate surface area is 419 Å². The number of nitrogens with two attached hydrogens (primary N) is 1. The molecule has 1 aliphatic carbocycles. The van der Waals surface area contributed by atoms with Gasteiger partial charge >= 0.3 is 0 Å². The van der Waals surface area contributed by atoms with Crippen LogP contribution >= 0.6 is 0 Å². The van der Waals surface area contributed by atoms with Gasteiger partial charge in [-0.25, -0.2) is 4.99 Å². The first-order chi connectivity index (χ1) is 34.7. The summed E-state index contributed by atoms with van der Waals surface area (Å²) in [6, 6.07) is 79.3. The molecule has 5 unspecified atom stereocenters. The summed E-state index contributed by atoms with van der Waals surface area (Å²) in [7, 11) is 0. The average Bonchev–Trinajstić information content (AvgIpc) is 3.82. The summed E-state index contributed by atoms with van der Waals surface area (Å²) in [6.07, 6.45) is 0.995. The standard InChI is InChI=1S/C68H61N3/c1-7-53(55-29-13-14-30-56(55)54-28-12-11-21-43(54)2)49-24-19-25-50(41-49)66-45(4)44(3)65(48-37-35-47(36-38-48)46-22-9-8-10-23-46)69-67(70-66)51-26-20-27-52(42-51)71-61-34-18-16-32-59(61)63-62(71)40-39-58-57-31-15-17-33-60(57)68(5,6)64(58)63/h8-42,44-45,53,65-66H,7H2,1-6H3,(H,69,70)/p+1. The van der Waals surface area contributed by atoms with Crippen LogP contribution < -0.4 is 5.32 Å². The molecule has 0 saturated carbocycles. The average molecular weight is 921 g/mol. The van der Waals surface area contributed by atoms with E-state index < -0.39 is 0 Å². The monoisotopic (exact) mass is 920 g/mol. The lowest BCUT2D eigenvalue weighted by atomic mass is 9.78. The van der Waals surface area contributed by atoms with Crippen molar-refractivity contribution >= 4 is 27.6 Å². The molecule has 2 N–H and O–H groups in total. The number of aryl methyl sites for hydroxylation is 1. The number of rotatable bonds is 9. The van der Waals surface area contributed by atoms with Crippen LogP contribution in [0.1, 0.15) is 104 Å². The minimum Gasteiger partial charge on any atom is -0.309 e. The van der Waals surface area contributed by atoms with E-state index in [9.17, 15) is 0 Å². The molecular formula is C68H62N3+. The molecule has 3 nitrogen and oxygen atoms in total. The zero-order chi connectivity index (χ0) is 48.4. The highest BCUT2D eigenvalue weighted by molar-refractivity contribution is 6.14. The molecule has 2 aliphatic rings. The van der Waals surface area contributed by atoms with Gasteiger partial charge in [0.1, 0.15) is 6.04 Å². The smallest absolute Gasteiger partial charge is 0.228 e. The van der Waals surface area contributed by atoms with Gasteiger partial charge < -0.3 is 4.57 Å². The van der Waals surface area contributed by atoms with Crippen molar-refractivity contribution in [3.05, 3.63) is 257 Å². The fourth-order valence-corrected chi connectivity index (χ4v) is 12.7. The molecule has 0 radical (unpaired) electrons. The van der Waals surface area contributed by atoms with Gasteiger partial charge in [0.2, 0.25) is 5.84 Å². The molecule has 0 amide bonds. The van der Waals surface area contributed by atoms with E-state index in [2.05, 4.69) is 264 Å². The van der Waals surface area contributed by atoms with Gasteiger partial charge in [-0.3, -0.25) is 5.32 Å². The van der Waals surface area contributed by atoms with E-state index in [0.29, 0.717) is 5.92 Å². The SMILES string of the molecule is CCC(c1cccc(C2N=C(c3cccc(-n4c5ccccc5c5c6c(ccc54)-c4ccccc4C6(C)C)c3)[NH2+]C(c3ccc(-c4ccccc4)cc3)C(C)C2C)c1)c1ccccc1-c1ccccc1C. The lowest BCUT2D eigenvalue weighted by Crippen LogP contribution is -2.90. The summed E-state index contributed by atoms with van der Waals surface area (Å²) in [5.74, 6) is 1.82. The Morgan fingerprint density at radius 3 is 2.03 bits per heavy atom. The molecule has 1 aromatic heterocycles. The number of fused-ring (bicyclic) bond motifs is 7. The van der Waals surface area contributed by atoms with Crippen LogP contribution in [0.25, 0.3) is 60.9 Å². The summed E-state index contributed by atoms with van der Waals surface area (Å²) >= 11 is 0. The van der Waals surface area contributed by atoms with Crippen LogP contribution in [-0.2, 0) is 5.41 Å². The molecule has 12 rings (SSSR count). The molecule has 71 heavy (non-hydrogen) atoms. The highest BCUT2D eigenvalue weighted by Gasteiger charge is 2.40. The number of nitrogens with zero attached hydrogens (tertiary/aromatic N) is 2. The zero-order valence-electron chi connectivity index (χ0n) is 41.8. The van der Waals surface area contributed by atoms with Crippen molar-refractivity contribution < 1.29 is 5.32 Å². The molecule has 2 heterocycles. The molecule has 348 valence electrons. The van der Waals surface area contributed by atoms with E-state index in [1.54, 1.807) is 0 Å². The number of amidine groups is 1. The summed E-state index contributed by atoms with van der Waals surface area (Å²) in [5.41, 5.74) is 21.8. The third kappa shape index (κ3) is 7.57. The molecule has 0 spiro atoms. The molecular weight excluding hydrogens is 859 g/mol. The van der Waals surface area contributed by atoms with Gasteiger partial charge in [0.25, 0.3) is 0 Å². The maximum Gasteiger partial charge on any atom is 0.228 e. The first-order valence-corrected chi connectivity index (χ1v) is 25.8. The van der Waals surface area contributed by atoms with Crippen molar-refractivity contribution in [3.8, 4) is 39.1 Å². The fraction of sp³-hybridized carbons (Fsp3) is 0.191. The number of hydrogen-bond acceptors (Lipinski definition) is 1. The molecule has 9 aromatic carbocycles. The molecule has 5 atom stereocenters. The largest absolute Gasteiger partial charge is 0.309 e. The topological polar surface area (TPSA) is 33.9 Å². The Hall–Kier alpha value is -7.59. The van der Waals surface area contributed by atoms with Gasteiger partial charge in [-0.15, -0.1) is 0 Å². The molecule has 3 heteroatoms. The van der Waals surface area contributed by atoms with Crippen LogP contribution in [0.5, 0.6) is 0 Å². The maximum atomic E-state index is 5.95. The second kappa shape index (κ2) is 18.0. The molecule has 0 saturated heterocycles. The summed E-state index contributed by atoms with van der Waals surface area (Å²) in [4.78, 5) is 5.95. The first kappa shape index (κ1) is 44.6. The van der Waals surface area contributed by atoms with Gasteiger partial charge in [0.05, 0.1) is 22.6 Å². The van der Waals surface area contributed by atoms with Crippen molar-refractivity contribution in [2.75, 3.05) is 0 Å². The number of para-hydroxylation sites is 1. The number of hydrogen-bond donors (Lipinski definition) is 1. The number of aromatic nitrogens is 1. The normalized spacial score (nSPS) is 18.7.